The van der Waals surface area contributed by atoms with E-state index in [1.165, 1.54) is 11.1 Å². The van der Waals surface area contributed by atoms with Gasteiger partial charge in [0.2, 0.25) is 8.32 Å². The Bertz CT molecular complexity index is 832. The molecule has 0 amide bonds. The van der Waals surface area contributed by atoms with Crippen molar-refractivity contribution in [2.45, 2.75) is 51.7 Å². The van der Waals surface area contributed by atoms with Gasteiger partial charge in [0.1, 0.15) is 11.5 Å². The molecule has 0 saturated heterocycles. The summed E-state index contributed by atoms with van der Waals surface area (Å²) < 4.78 is 11.7. The van der Waals surface area contributed by atoms with Crippen LogP contribution in [0.3, 0.4) is 0 Å². The number of allylic oxidation sites excluding steroid dienone is 1. The van der Waals surface area contributed by atoms with Gasteiger partial charge in [-0.2, -0.15) is 0 Å². The Morgan fingerprint density at radius 1 is 0.963 bits per heavy atom. The molecule has 1 aliphatic rings. The Morgan fingerprint density at radius 3 is 2.26 bits per heavy atom. The minimum atomic E-state index is -1.81. The molecule has 0 aromatic heterocycles. The van der Waals surface area contributed by atoms with E-state index in [0.717, 1.165) is 35.7 Å². The molecule has 0 spiro atoms. The van der Waals surface area contributed by atoms with Crippen LogP contribution < -0.4 is 14.5 Å². The third-order valence-corrected chi connectivity index (χ3v) is 10.0. The summed E-state index contributed by atoms with van der Waals surface area (Å²) in [6.07, 6.45) is 4.36. The molecule has 4 heteroatoms. The fourth-order valence-electron chi connectivity index (χ4n) is 2.98. The third-order valence-electron chi connectivity index (χ3n) is 5.68. The largest absolute Gasteiger partial charge is 0.544 e. The molecule has 0 radical (unpaired) electrons. The highest BCUT2D eigenvalue weighted by molar-refractivity contribution is 6.74. The first-order valence-corrected chi connectivity index (χ1v) is 12.5. The predicted octanol–water partition coefficient (Wildman–Crippen LogP) is 6.48. The highest BCUT2D eigenvalue weighted by Crippen LogP contribution is 2.37. The Balaban J connectivity index is 1.74. The maximum atomic E-state index is 6.38. The van der Waals surface area contributed by atoms with Crippen LogP contribution in [0.4, 0.5) is 5.69 Å². The topological polar surface area (TPSA) is 30.5 Å². The van der Waals surface area contributed by atoms with E-state index in [1.807, 2.05) is 6.07 Å². The van der Waals surface area contributed by atoms with Gasteiger partial charge < -0.3 is 14.5 Å². The maximum Gasteiger partial charge on any atom is 0.250 e. The molecule has 3 rings (SSSR count). The Labute approximate surface area is 164 Å². The molecule has 1 aliphatic carbocycles. The summed E-state index contributed by atoms with van der Waals surface area (Å²) in [5, 5.41) is 3.77. The van der Waals surface area contributed by atoms with Crippen molar-refractivity contribution in [2.24, 2.45) is 0 Å². The monoisotopic (exact) mass is 381 g/mol. The first kappa shape index (κ1) is 19.6. The quantitative estimate of drug-likeness (QED) is 0.601. The van der Waals surface area contributed by atoms with Crippen molar-refractivity contribution in [1.82, 2.24) is 0 Å². The molecule has 0 aliphatic heterocycles. The fourth-order valence-corrected chi connectivity index (χ4v) is 4.01. The van der Waals surface area contributed by atoms with Gasteiger partial charge in [-0.1, -0.05) is 26.8 Å². The molecule has 0 unspecified atom stereocenters. The van der Waals surface area contributed by atoms with Crippen LogP contribution in [0.5, 0.6) is 11.5 Å². The van der Waals surface area contributed by atoms with Crippen LogP contribution >= 0.6 is 0 Å². The average molecular weight is 382 g/mol. The number of methoxy groups -OCH3 is 1. The van der Waals surface area contributed by atoms with Gasteiger partial charge in [0, 0.05) is 16.9 Å². The van der Waals surface area contributed by atoms with E-state index in [2.05, 4.69) is 81.7 Å². The van der Waals surface area contributed by atoms with Crippen LogP contribution in [0.25, 0.3) is 5.70 Å². The molecule has 2 aromatic carbocycles. The van der Waals surface area contributed by atoms with Crippen molar-refractivity contribution < 1.29 is 9.16 Å². The number of aryl methyl sites for hydroxylation is 1. The van der Waals surface area contributed by atoms with Crippen LogP contribution in [0.15, 0.2) is 48.5 Å². The summed E-state index contributed by atoms with van der Waals surface area (Å²) in [4.78, 5) is 0. The van der Waals surface area contributed by atoms with Crippen LogP contribution in [-0.2, 0) is 6.42 Å². The number of benzene rings is 2. The van der Waals surface area contributed by atoms with Gasteiger partial charge in [0.25, 0.3) is 0 Å². The summed E-state index contributed by atoms with van der Waals surface area (Å²) in [6.45, 7) is 11.3. The van der Waals surface area contributed by atoms with Gasteiger partial charge in [-0.25, -0.2) is 0 Å². The number of hydrogen-bond donors (Lipinski definition) is 1. The Kier molecular flexibility index (Phi) is 5.38. The van der Waals surface area contributed by atoms with Crippen molar-refractivity contribution in [2.75, 3.05) is 12.4 Å². The van der Waals surface area contributed by atoms with Crippen LogP contribution in [-0.4, -0.2) is 15.4 Å². The van der Waals surface area contributed by atoms with Crippen LogP contribution in [0.1, 0.15) is 38.3 Å². The second-order valence-corrected chi connectivity index (χ2v) is 13.4. The lowest BCUT2D eigenvalue weighted by atomic mass is 9.94. The van der Waals surface area contributed by atoms with Gasteiger partial charge >= 0.3 is 0 Å². The maximum absolute atomic E-state index is 6.38. The molecule has 0 heterocycles. The van der Waals surface area contributed by atoms with E-state index in [9.17, 15) is 0 Å². The second-order valence-electron chi connectivity index (χ2n) is 8.69. The first-order chi connectivity index (χ1) is 12.7. The zero-order valence-corrected chi connectivity index (χ0v) is 18.3. The lowest BCUT2D eigenvalue weighted by Gasteiger charge is -2.36. The number of rotatable bonds is 5. The minimum Gasteiger partial charge on any atom is -0.544 e. The van der Waals surface area contributed by atoms with E-state index < -0.39 is 8.32 Å². The molecule has 3 nitrogen and oxygen atoms in total. The minimum absolute atomic E-state index is 0.196. The van der Waals surface area contributed by atoms with Gasteiger partial charge in [-0.15, -0.1) is 0 Å². The molecule has 0 bridgehead atoms. The van der Waals surface area contributed by atoms with Crippen molar-refractivity contribution >= 4 is 19.7 Å². The summed E-state index contributed by atoms with van der Waals surface area (Å²) in [7, 11) is -0.0904. The second kappa shape index (κ2) is 7.43. The first-order valence-electron chi connectivity index (χ1n) is 9.63. The highest BCUT2D eigenvalue weighted by Gasteiger charge is 2.38. The number of ether oxygens (including phenoxy) is 1. The summed E-state index contributed by atoms with van der Waals surface area (Å²) in [5.41, 5.74) is 4.82. The average Bonchev–Trinajstić information content (AvgIpc) is 2.62. The van der Waals surface area contributed by atoms with E-state index in [0.29, 0.717) is 0 Å². The number of hydrogen-bond acceptors (Lipinski definition) is 3. The lowest BCUT2D eigenvalue weighted by Crippen LogP contribution is -2.43. The molecule has 2 aromatic rings. The predicted molar refractivity (Wildman–Crippen MR) is 117 cm³/mol. The molecule has 0 atom stereocenters. The van der Waals surface area contributed by atoms with Crippen molar-refractivity contribution in [3.63, 3.8) is 0 Å². The van der Waals surface area contributed by atoms with Gasteiger partial charge in [-0.05, 0) is 79.0 Å². The van der Waals surface area contributed by atoms with Crippen LogP contribution in [0, 0.1) is 0 Å². The summed E-state index contributed by atoms with van der Waals surface area (Å²) >= 11 is 0. The fraction of sp³-hybridized carbons (Fsp3) is 0.391. The Hall–Kier alpha value is -2.20. The third kappa shape index (κ3) is 4.38. The zero-order chi connectivity index (χ0) is 19.7. The smallest absolute Gasteiger partial charge is 0.250 e. The zero-order valence-electron chi connectivity index (χ0n) is 17.3. The SMILES string of the molecule is COc1ccc2c(c1)CCC=C2Nc1ccc(O[Si](C)(C)C(C)(C)C)cc1. The molecule has 27 heavy (non-hydrogen) atoms. The van der Waals surface area contributed by atoms with Gasteiger partial charge in [-0.3, -0.25) is 0 Å². The molecule has 0 fully saturated rings. The highest BCUT2D eigenvalue weighted by atomic mass is 28.4. The summed E-state index contributed by atoms with van der Waals surface area (Å²) in [5.74, 6) is 1.87. The normalized spacial score (nSPS) is 14.2. The molecule has 1 N–H and O–H groups in total. The molecular weight excluding hydrogens is 350 g/mol. The summed E-state index contributed by atoms with van der Waals surface area (Å²) in [6, 6.07) is 14.6. The number of nitrogens with one attached hydrogen (secondary N) is 1. The molecule has 144 valence electrons. The van der Waals surface area contributed by atoms with E-state index in [1.54, 1.807) is 7.11 Å². The number of fused-ring (bicyclic) bond motifs is 1. The van der Waals surface area contributed by atoms with Crippen LogP contribution in [0.2, 0.25) is 18.1 Å². The van der Waals surface area contributed by atoms with Crippen molar-refractivity contribution in [3.8, 4) is 11.5 Å². The van der Waals surface area contributed by atoms with Gasteiger partial charge in [0.15, 0.2) is 0 Å². The Morgan fingerprint density at radius 2 is 1.63 bits per heavy atom. The van der Waals surface area contributed by atoms with Crippen molar-refractivity contribution in [3.05, 3.63) is 59.7 Å². The standard InChI is InChI=1S/C23H31NO2Si/c1-23(2,3)27(5,6)26-19-12-10-18(11-13-19)24-22-9-7-8-17-16-20(25-4)14-15-21(17)22/h9-16,24H,7-8H2,1-6H3. The van der Waals surface area contributed by atoms with E-state index in [4.69, 9.17) is 9.16 Å². The van der Waals surface area contributed by atoms with E-state index >= 15 is 0 Å². The van der Waals surface area contributed by atoms with Gasteiger partial charge in [0.05, 0.1) is 7.11 Å². The molecular formula is C23H31NO2Si. The molecule has 0 saturated carbocycles. The van der Waals surface area contributed by atoms with E-state index in [-0.39, 0.29) is 5.04 Å². The lowest BCUT2D eigenvalue weighted by molar-refractivity contribution is 0.414. The number of anilines is 1. The van der Waals surface area contributed by atoms with Crippen molar-refractivity contribution in [1.29, 1.82) is 0 Å².